The minimum absolute atomic E-state index is 0.0777. The Kier molecular flexibility index (Phi) is 5.80. The fourth-order valence-electron chi connectivity index (χ4n) is 2.64. The third-order valence-corrected chi connectivity index (χ3v) is 5.80. The predicted octanol–water partition coefficient (Wildman–Crippen LogP) is 2.41. The Morgan fingerprint density at radius 2 is 1.86 bits per heavy atom. The molecule has 1 N–H and O–H groups in total. The van der Waals surface area contributed by atoms with Crippen molar-refractivity contribution in [1.82, 2.24) is 20.2 Å². The fourth-order valence-corrected chi connectivity index (χ4v) is 3.99. The number of amides is 1. The summed E-state index contributed by atoms with van der Waals surface area (Å²) in [5.41, 5.74) is 3.42. The average Bonchev–Trinajstić information content (AvgIpc) is 3.07. The van der Waals surface area contributed by atoms with Crippen LogP contribution in [0.1, 0.15) is 11.1 Å². The number of carbonyl (C=O) groups is 1. The van der Waals surface area contributed by atoms with Crippen molar-refractivity contribution < 1.29 is 13.2 Å². The summed E-state index contributed by atoms with van der Waals surface area (Å²) in [6.07, 6.45) is 1.12. The van der Waals surface area contributed by atoms with Gasteiger partial charge < -0.3 is 5.32 Å². The van der Waals surface area contributed by atoms with Crippen LogP contribution in [-0.4, -0.2) is 46.5 Å². The van der Waals surface area contributed by atoms with Crippen LogP contribution in [0.15, 0.2) is 52.5 Å². The summed E-state index contributed by atoms with van der Waals surface area (Å²) in [6.45, 7) is 3.98. The summed E-state index contributed by atoms with van der Waals surface area (Å²) >= 11 is 1.19. The lowest BCUT2D eigenvalue weighted by molar-refractivity contribution is -0.113. The molecule has 0 saturated carbocycles. The first-order valence-electron chi connectivity index (χ1n) is 8.32. The van der Waals surface area contributed by atoms with Crippen molar-refractivity contribution in [2.75, 3.05) is 17.3 Å². The third kappa shape index (κ3) is 4.96. The van der Waals surface area contributed by atoms with Gasteiger partial charge in [0.1, 0.15) is 0 Å². The molecule has 2 aromatic carbocycles. The summed E-state index contributed by atoms with van der Waals surface area (Å²) in [5, 5.41) is 14.9. The summed E-state index contributed by atoms with van der Waals surface area (Å²) in [7, 11) is -3.34. The Balaban J connectivity index is 1.69. The van der Waals surface area contributed by atoms with Crippen LogP contribution in [0.5, 0.6) is 0 Å². The van der Waals surface area contributed by atoms with Gasteiger partial charge in [-0.1, -0.05) is 23.9 Å². The van der Waals surface area contributed by atoms with E-state index in [0.29, 0.717) is 10.8 Å². The Bertz CT molecular complexity index is 1110. The number of benzene rings is 2. The summed E-state index contributed by atoms with van der Waals surface area (Å²) < 4.78 is 24.8. The van der Waals surface area contributed by atoms with Crippen molar-refractivity contribution in [1.29, 1.82) is 0 Å². The standard InChI is InChI=1S/C18H19N5O3S2/c1-12-7-13(2)9-15(8-12)23-18(20-21-22-23)27-11-17(24)19-14-5-4-6-16(10-14)28(3,25)26/h4-10H,11H2,1-3H3,(H,19,24). The predicted molar refractivity (Wildman–Crippen MR) is 108 cm³/mol. The van der Waals surface area contributed by atoms with Gasteiger partial charge in [0.2, 0.25) is 11.1 Å². The van der Waals surface area contributed by atoms with E-state index in [4.69, 9.17) is 0 Å². The van der Waals surface area contributed by atoms with Crippen LogP contribution in [0.2, 0.25) is 0 Å². The molecule has 3 aromatic rings. The van der Waals surface area contributed by atoms with Gasteiger partial charge in [-0.25, -0.2) is 8.42 Å². The van der Waals surface area contributed by atoms with E-state index in [1.165, 1.54) is 23.9 Å². The van der Waals surface area contributed by atoms with Gasteiger partial charge in [0, 0.05) is 11.9 Å². The Morgan fingerprint density at radius 3 is 2.54 bits per heavy atom. The number of thioether (sulfide) groups is 1. The molecule has 28 heavy (non-hydrogen) atoms. The monoisotopic (exact) mass is 417 g/mol. The summed E-state index contributed by atoms with van der Waals surface area (Å²) in [6, 6.07) is 12.1. The van der Waals surface area contributed by atoms with Gasteiger partial charge in [-0.3, -0.25) is 4.79 Å². The molecular formula is C18H19N5O3S2. The lowest BCUT2D eigenvalue weighted by Crippen LogP contribution is -2.15. The van der Waals surface area contributed by atoms with Gasteiger partial charge in [0.05, 0.1) is 16.3 Å². The molecule has 0 unspecified atom stereocenters. The minimum atomic E-state index is -3.34. The normalized spacial score (nSPS) is 11.4. The van der Waals surface area contributed by atoms with Crippen LogP contribution in [0, 0.1) is 13.8 Å². The lowest BCUT2D eigenvalue weighted by Gasteiger charge is -2.08. The Morgan fingerprint density at radius 1 is 1.14 bits per heavy atom. The first-order valence-corrected chi connectivity index (χ1v) is 11.2. The maximum atomic E-state index is 12.3. The van der Waals surface area contributed by atoms with Crippen molar-refractivity contribution in [3.63, 3.8) is 0 Å². The molecular weight excluding hydrogens is 398 g/mol. The number of carbonyl (C=O) groups excluding carboxylic acids is 1. The van der Waals surface area contributed by atoms with Gasteiger partial charge in [0.25, 0.3) is 0 Å². The van der Waals surface area contributed by atoms with Gasteiger partial charge >= 0.3 is 0 Å². The molecule has 0 aliphatic rings. The van der Waals surface area contributed by atoms with E-state index in [0.717, 1.165) is 23.1 Å². The summed E-state index contributed by atoms with van der Waals surface area (Å²) in [5.74, 6) is -0.209. The van der Waals surface area contributed by atoms with E-state index in [9.17, 15) is 13.2 Å². The molecule has 3 rings (SSSR count). The van der Waals surface area contributed by atoms with Gasteiger partial charge in [0.15, 0.2) is 9.84 Å². The second-order valence-corrected chi connectivity index (χ2v) is 9.31. The molecule has 1 amide bonds. The number of aromatic nitrogens is 4. The lowest BCUT2D eigenvalue weighted by atomic mass is 10.1. The molecule has 1 heterocycles. The third-order valence-electron chi connectivity index (χ3n) is 3.77. The molecule has 0 spiro atoms. The number of nitrogens with one attached hydrogen (secondary N) is 1. The number of aryl methyl sites for hydroxylation is 2. The molecule has 146 valence electrons. The highest BCUT2D eigenvalue weighted by Gasteiger charge is 2.13. The van der Waals surface area contributed by atoms with Gasteiger partial charge in [-0.15, -0.1) is 5.10 Å². The fraction of sp³-hybridized carbons (Fsp3) is 0.222. The number of tetrazole rings is 1. The number of hydrogen-bond acceptors (Lipinski definition) is 7. The van der Waals surface area contributed by atoms with Crippen molar-refractivity contribution in [3.05, 3.63) is 53.6 Å². The maximum Gasteiger partial charge on any atom is 0.234 e. The highest BCUT2D eigenvalue weighted by Crippen LogP contribution is 2.21. The van der Waals surface area contributed by atoms with Crippen molar-refractivity contribution in [2.24, 2.45) is 0 Å². The zero-order valence-corrected chi connectivity index (χ0v) is 17.2. The van der Waals surface area contributed by atoms with Crippen LogP contribution in [0.3, 0.4) is 0 Å². The Labute approximate surface area is 167 Å². The molecule has 1 aromatic heterocycles. The molecule has 0 radical (unpaired) electrons. The minimum Gasteiger partial charge on any atom is -0.325 e. The highest BCUT2D eigenvalue weighted by molar-refractivity contribution is 7.99. The zero-order chi connectivity index (χ0) is 20.3. The van der Waals surface area contributed by atoms with Gasteiger partial charge in [-0.05, 0) is 65.7 Å². The van der Waals surface area contributed by atoms with E-state index < -0.39 is 9.84 Å². The van der Waals surface area contributed by atoms with E-state index in [-0.39, 0.29) is 16.6 Å². The van der Waals surface area contributed by atoms with Crippen LogP contribution in [-0.2, 0) is 14.6 Å². The number of nitrogens with zero attached hydrogens (tertiary/aromatic N) is 4. The molecule has 0 aliphatic carbocycles. The SMILES string of the molecule is Cc1cc(C)cc(-n2nnnc2SCC(=O)Nc2cccc(S(C)(=O)=O)c2)c1. The topological polar surface area (TPSA) is 107 Å². The summed E-state index contributed by atoms with van der Waals surface area (Å²) in [4.78, 5) is 12.4. The molecule has 0 fully saturated rings. The smallest absolute Gasteiger partial charge is 0.234 e. The van der Waals surface area contributed by atoms with Gasteiger partial charge in [-0.2, -0.15) is 4.68 Å². The Hall–Kier alpha value is -2.72. The van der Waals surface area contributed by atoms with Crippen LogP contribution in [0.4, 0.5) is 5.69 Å². The molecule has 10 heteroatoms. The second-order valence-electron chi connectivity index (χ2n) is 6.36. The molecule has 0 bridgehead atoms. The molecule has 0 saturated heterocycles. The number of anilines is 1. The van der Waals surface area contributed by atoms with Crippen LogP contribution < -0.4 is 5.32 Å². The van der Waals surface area contributed by atoms with E-state index >= 15 is 0 Å². The largest absolute Gasteiger partial charge is 0.325 e. The van der Waals surface area contributed by atoms with E-state index in [2.05, 4.69) is 26.9 Å². The highest BCUT2D eigenvalue weighted by atomic mass is 32.2. The van der Waals surface area contributed by atoms with Crippen molar-refractivity contribution in [2.45, 2.75) is 23.9 Å². The molecule has 8 nitrogen and oxygen atoms in total. The molecule has 0 aliphatic heterocycles. The van der Waals surface area contributed by atoms with Crippen molar-refractivity contribution in [3.8, 4) is 5.69 Å². The first kappa shape index (κ1) is 20.0. The number of rotatable bonds is 6. The van der Waals surface area contributed by atoms with Crippen LogP contribution >= 0.6 is 11.8 Å². The number of hydrogen-bond donors (Lipinski definition) is 1. The average molecular weight is 418 g/mol. The van der Waals surface area contributed by atoms with E-state index in [1.807, 2.05) is 26.0 Å². The second kappa shape index (κ2) is 8.11. The maximum absolute atomic E-state index is 12.3. The molecule has 0 atom stereocenters. The zero-order valence-electron chi connectivity index (χ0n) is 15.6. The number of sulfone groups is 1. The van der Waals surface area contributed by atoms with Crippen molar-refractivity contribution >= 4 is 33.2 Å². The first-order chi connectivity index (χ1) is 13.2. The van der Waals surface area contributed by atoms with E-state index in [1.54, 1.807) is 16.8 Å². The quantitative estimate of drug-likeness (QED) is 0.614. The van der Waals surface area contributed by atoms with Crippen LogP contribution in [0.25, 0.3) is 5.69 Å².